The number of nitrogens with one attached hydrogen (secondary N) is 1. The van der Waals surface area contributed by atoms with Gasteiger partial charge in [0.2, 0.25) is 0 Å². The molecule has 2 rings (SSSR count). The number of rotatable bonds is 9. The molecule has 0 fully saturated rings. The first-order valence-electron chi connectivity index (χ1n) is 8.67. The van der Waals surface area contributed by atoms with E-state index in [4.69, 9.17) is 26.0 Å². The van der Waals surface area contributed by atoms with E-state index in [1.165, 1.54) is 27.3 Å². The number of benzene rings is 2. The summed E-state index contributed by atoms with van der Waals surface area (Å²) in [7, 11) is 4.16. The lowest BCUT2D eigenvalue weighted by Crippen LogP contribution is -2.29. The van der Waals surface area contributed by atoms with Gasteiger partial charge < -0.3 is 19.7 Å². The maximum Gasteiger partial charge on any atom is 0.273 e. The zero-order chi connectivity index (χ0) is 22.1. The van der Waals surface area contributed by atoms with Crippen molar-refractivity contribution in [3.63, 3.8) is 0 Å². The third-order valence-electron chi connectivity index (χ3n) is 3.91. The lowest BCUT2D eigenvalue weighted by molar-refractivity contribution is -0.114. The Balaban J connectivity index is 2.35. The number of hydrogen-bond acceptors (Lipinski definition) is 6. The van der Waals surface area contributed by atoms with Crippen molar-refractivity contribution < 1.29 is 28.0 Å². The van der Waals surface area contributed by atoms with Crippen molar-refractivity contribution in [2.24, 2.45) is 10.3 Å². The Kier molecular flexibility index (Phi) is 8.70. The number of methoxy groups -OCH3 is 1. The quantitative estimate of drug-likeness (QED) is 0.480. The standard InChI is InChI=1S/C20H20ClF2N3O4/c1-24-20(27)19(26-29-3)13-5-4-6-16(21)15(13)10-30-25-18(11-28-2)14-8-7-12(22)9-17(14)23/h4-9H,10-11H2,1-3H3,(H,24,27)/b25-18+,26-19-. The highest BCUT2D eigenvalue weighted by molar-refractivity contribution is 6.46. The molecule has 10 heteroatoms. The summed E-state index contributed by atoms with van der Waals surface area (Å²) in [4.78, 5) is 22.3. The van der Waals surface area contributed by atoms with Crippen molar-refractivity contribution in [3.05, 3.63) is 69.7 Å². The molecule has 0 aromatic heterocycles. The van der Waals surface area contributed by atoms with Gasteiger partial charge in [0.05, 0.1) is 6.61 Å². The van der Waals surface area contributed by atoms with E-state index in [0.717, 1.165) is 12.1 Å². The monoisotopic (exact) mass is 439 g/mol. The van der Waals surface area contributed by atoms with Crippen LogP contribution < -0.4 is 5.32 Å². The Bertz CT molecular complexity index is 967. The van der Waals surface area contributed by atoms with Crippen molar-refractivity contribution in [1.82, 2.24) is 5.32 Å². The van der Waals surface area contributed by atoms with E-state index in [2.05, 4.69) is 15.6 Å². The van der Waals surface area contributed by atoms with Gasteiger partial charge in [-0.2, -0.15) is 0 Å². The van der Waals surface area contributed by atoms with Crippen LogP contribution in [0.15, 0.2) is 46.7 Å². The molecule has 0 atom stereocenters. The van der Waals surface area contributed by atoms with Crippen molar-refractivity contribution in [1.29, 1.82) is 0 Å². The second-order valence-corrected chi connectivity index (χ2v) is 6.24. The van der Waals surface area contributed by atoms with Crippen LogP contribution in [0.25, 0.3) is 0 Å². The van der Waals surface area contributed by atoms with Crippen LogP contribution in [0.5, 0.6) is 0 Å². The summed E-state index contributed by atoms with van der Waals surface area (Å²) in [5.74, 6) is -2.01. The van der Waals surface area contributed by atoms with Gasteiger partial charge in [-0.25, -0.2) is 8.78 Å². The van der Waals surface area contributed by atoms with Crippen LogP contribution in [0.2, 0.25) is 5.02 Å². The van der Waals surface area contributed by atoms with Gasteiger partial charge >= 0.3 is 0 Å². The number of oxime groups is 2. The molecule has 0 aliphatic heterocycles. The Morgan fingerprint density at radius 3 is 2.53 bits per heavy atom. The van der Waals surface area contributed by atoms with Gasteiger partial charge in [0.15, 0.2) is 5.71 Å². The van der Waals surface area contributed by atoms with Gasteiger partial charge in [-0.3, -0.25) is 4.79 Å². The Hall–Kier alpha value is -3.04. The number of halogens is 3. The largest absolute Gasteiger partial charge is 0.398 e. The summed E-state index contributed by atoms with van der Waals surface area (Å²) in [6.07, 6.45) is 0. The summed E-state index contributed by atoms with van der Waals surface area (Å²) in [5.41, 5.74) is 0.927. The molecule has 30 heavy (non-hydrogen) atoms. The zero-order valence-corrected chi connectivity index (χ0v) is 17.3. The molecule has 0 saturated heterocycles. The number of amides is 1. The Morgan fingerprint density at radius 1 is 1.13 bits per heavy atom. The first-order valence-corrected chi connectivity index (χ1v) is 9.04. The number of carbonyl (C=O) groups excluding carboxylic acids is 1. The summed E-state index contributed by atoms with van der Waals surface area (Å²) in [6, 6.07) is 7.95. The third-order valence-corrected chi connectivity index (χ3v) is 4.26. The lowest BCUT2D eigenvalue weighted by atomic mass is 10.0. The molecule has 2 aromatic rings. The Labute approximate surface area is 177 Å². The second-order valence-electron chi connectivity index (χ2n) is 5.84. The molecule has 0 bridgehead atoms. The molecular formula is C20H20ClF2N3O4. The zero-order valence-electron chi connectivity index (χ0n) is 16.5. The molecule has 0 unspecified atom stereocenters. The summed E-state index contributed by atoms with van der Waals surface area (Å²) >= 11 is 6.28. The van der Waals surface area contributed by atoms with Crippen LogP contribution in [-0.2, 0) is 25.8 Å². The highest BCUT2D eigenvalue weighted by Crippen LogP contribution is 2.23. The number of likely N-dealkylation sites (N-methyl/N-ethyl adjacent to an activating group) is 1. The van der Waals surface area contributed by atoms with E-state index >= 15 is 0 Å². The molecule has 0 saturated carbocycles. The van der Waals surface area contributed by atoms with Crippen molar-refractivity contribution in [3.8, 4) is 0 Å². The normalized spacial score (nSPS) is 11.9. The SMILES string of the molecule is CNC(=O)/C(=N\OC)c1cccc(Cl)c1CO/N=C(\COC)c1ccc(F)cc1F. The van der Waals surface area contributed by atoms with Crippen molar-refractivity contribution in [2.75, 3.05) is 27.9 Å². The molecule has 0 spiro atoms. The number of hydrogen-bond donors (Lipinski definition) is 1. The third kappa shape index (κ3) is 5.74. The Morgan fingerprint density at radius 2 is 1.90 bits per heavy atom. The number of ether oxygens (including phenoxy) is 1. The average molecular weight is 440 g/mol. The molecule has 0 aliphatic carbocycles. The van der Waals surface area contributed by atoms with Crippen molar-refractivity contribution in [2.45, 2.75) is 6.61 Å². The number of nitrogens with zero attached hydrogens (tertiary/aromatic N) is 2. The molecule has 1 amide bonds. The molecule has 2 aromatic carbocycles. The van der Waals surface area contributed by atoms with E-state index in [-0.39, 0.29) is 30.2 Å². The molecule has 0 aliphatic rings. The highest BCUT2D eigenvalue weighted by atomic mass is 35.5. The van der Waals surface area contributed by atoms with E-state index in [9.17, 15) is 13.6 Å². The minimum Gasteiger partial charge on any atom is -0.398 e. The molecule has 0 heterocycles. The molecule has 7 nitrogen and oxygen atoms in total. The topological polar surface area (TPSA) is 81.5 Å². The fraction of sp³-hybridized carbons (Fsp3) is 0.250. The first kappa shape index (κ1) is 23.2. The highest BCUT2D eigenvalue weighted by Gasteiger charge is 2.20. The fourth-order valence-corrected chi connectivity index (χ4v) is 2.77. The predicted octanol–water partition coefficient (Wildman–Crippen LogP) is 3.28. The smallest absolute Gasteiger partial charge is 0.273 e. The molecule has 160 valence electrons. The number of carbonyl (C=O) groups is 1. The van der Waals surface area contributed by atoms with Crippen LogP contribution in [0.1, 0.15) is 16.7 Å². The molecular weight excluding hydrogens is 420 g/mol. The van der Waals surface area contributed by atoms with Gasteiger partial charge in [0, 0.05) is 41.9 Å². The maximum atomic E-state index is 14.1. The van der Waals surface area contributed by atoms with Crippen LogP contribution in [0.4, 0.5) is 8.78 Å². The van der Waals surface area contributed by atoms with Gasteiger partial charge in [-0.1, -0.05) is 34.0 Å². The molecule has 1 N–H and O–H groups in total. The van der Waals surface area contributed by atoms with E-state index in [1.54, 1.807) is 18.2 Å². The summed E-state index contributed by atoms with van der Waals surface area (Å²) < 4.78 is 32.3. The first-order chi connectivity index (χ1) is 14.4. The summed E-state index contributed by atoms with van der Waals surface area (Å²) in [6.45, 7) is -0.239. The van der Waals surface area contributed by atoms with Crippen LogP contribution in [0, 0.1) is 11.6 Å². The van der Waals surface area contributed by atoms with Gasteiger partial charge in [-0.05, 0) is 18.2 Å². The van der Waals surface area contributed by atoms with Crippen LogP contribution in [-0.4, -0.2) is 45.2 Å². The van der Waals surface area contributed by atoms with E-state index in [1.807, 2.05) is 0 Å². The minimum atomic E-state index is -0.804. The van der Waals surface area contributed by atoms with Crippen LogP contribution in [0.3, 0.4) is 0 Å². The fourth-order valence-electron chi connectivity index (χ4n) is 2.54. The predicted molar refractivity (Wildman–Crippen MR) is 109 cm³/mol. The van der Waals surface area contributed by atoms with Gasteiger partial charge in [-0.15, -0.1) is 0 Å². The lowest BCUT2D eigenvalue weighted by Gasteiger charge is -2.12. The van der Waals surface area contributed by atoms with E-state index in [0.29, 0.717) is 16.1 Å². The summed E-state index contributed by atoms with van der Waals surface area (Å²) in [5, 5.41) is 10.4. The minimum absolute atomic E-state index is 0.00762. The van der Waals surface area contributed by atoms with E-state index < -0.39 is 17.5 Å². The molecule has 0 radical (unpaired) electrons. The van der Waals surface area contributed by atoms with Crippen molar-refractivity contribution >= 4 is 28.9 Å². The average Bonchev–Trinajstić information content (AvgIpc) is 2.72. The van der Waals surface area contributed by atoms with Gasteiger partial charge in [0.25, 0.3) is 5.91 Å². The maximum absolute atomic E-state index is 14.1. The second kappa shape index (κ2) is 11.2. The van der Waals surface area contributed by atoms with Gasteiger partial charge in [0.1, 0.15) is 31.1 Å². The van der Waals surface area contributed by atoms with Crippen LogP contribution >= 0.6 is 11.6 Å².